The molecule has 2 aromatic rings. The van der Waals surface area contributed by atoms with Crippen LogP contribution in [0.4, 0.5) is 0 Å². The van der Waals surface area contributed by atoms with Crippen LogP contribution < -0.4 is 4.74 Å². The van der Waals surface area contributed by atoms with Crippen LogP contribution in [0.25, 0.3) is 10.8 Å². The Morgan fingerprint density at radius 2 is 1.94 bits per heavy atom. The van der Waals surface area contributed by atoms with E-state index in [-0.39, 0.29) is 12.4 Å². The van der Waals surface area contributed by atoms with E-state index in [2.05, 4.69) is 0 Å². The maximum absolute atomic E-state index is 12.1. The van der Waals surface area contributed by atoms with Crippen molar-refractivity contribution in [3.63, 3.8) is 0 Å². The van der Waals surface area contributed by atoms with E-state index in [1.807, 2.05) is 43.3 Å². The van der Waals surface area contributed by atoms with Crippen LogP contribution in [0, 0.1) is 0 Å². The van der Waals surface area contributed by atoms with Crippen molar-refractivity contribution in [3.8, 4) is 5.75 Å². The van der Waals surface area contributed by atoms with Gasteiger partial charge in [0.2, 0.25) is 0 Å². The summed E-state index contributed by atoms with van der Waals surface area (Å²) >= 11 is 0. The third-order valence-corrected chi connectivity index (χ3v) is 2.74. The maximum Gasteiger partial charge on any atom is 0.192 e. The number of benzene rings is 2. The molecule has 0 bridgehead atoms. The second kappa shape index (κ2) is 5.65. The van der Waals surface area contributed by atoms with Crippen LogP contribution >= 0.6 is 0 Å². The fourth-order valence-corrected chi connectivity index (χ4v) is 2.02. The van der Waals surface area contributed by atoms with Gasteiger partial charge >= 0.3 is 0 Å². The third-order valence-electron chi connectivity index (χ3n) is 2.74. The predicted molar refractivity (Wildman–Crippen MR) is 71.3 cm³/mol. The van der Waals surface area contributed by atoms with E-state index in [4.69, 9.17) is 9.47 Å². The molecule has 3 heteroatoms. The van der Waals surface area contributed by atoms with Crippen molar-refractivity contribution in [2.45, 2.75) is 6.92 Å². The summed E-state index contributed by atoms with van der Waals surface area (Å²) in [6.45, 7) is 2.50. The second-order valence-corrected chi connectivity index (χ2v) is 3.95. The Bertz CT molecular complexity index is 561. The molecule has 3 nitrogen and oxygen atoms in total. The minimum Gasteiger partial charge on any atom is -0.493 e. The van der Waals surface area contributed by atoms with Crippen LogP contribution in [-0.2, 0) is 4.74 Å². The number of ether oxygens (including phenoxy) is 2. The zero-order chi connectivity index (χ0) is 13.0. The van der Waals surface area contributed by atoms with Gasteiger partial charge in [-0.1, -0.05) is 30.3 Å². The van der Waals surface area contributed by atoms with E-state index in [1.54, 1.807) is 0 Å². The zero-order valence-electron chi connectivity index (χ0n) is 10.6. The summed E-state index contributed by atoms with van der Waals surface area (Å²) in [5, 5.41) is 1.94. The molecule has 0 radical (unpaired) electrons. The number of carbonyl (C=O) groups excluding carboxylic acids is 1. The molecule has 0 aliphatic rings. The maximum atomic E-state index is 12.1. The average Bonchev–Trinajstić information content (AvgIpc) is 2.39. The lowest BCUT2D eigenvalue weighted by atomic mass is 10.0. The van der Waals surface area contributed by atoms with Crippen molar-refractivity contribution in [2.75, 3.05) is 20.3 Å². The minimum absolute atomic E-state index is 0.0576. The molecular formula is C15H16O3. The van der Waals surface area contributed by atoms with E-state index < -0.39 is 0 Å². The van der Waals surface area contributed by atoms with Crippen LogP contribution in [0.1, 0.15) is 17.3 Å². The molecule has 0 amide bonds. The van der Waals surface area contributed by atoms with Gasteiger partial charge in [0, 0.05) is 7.11 Å². The Morgan fingerprint density at radius 3 is 2.67 bits per heavy atom. The van der Waals surface area contributed by atoms with Crippen LogP contribution in [0.15, 0.2) is 36.4 Å². The van der Waals surface area contributed by atoms with Gasteiger partial charge in [0.15, 0.2) is 5.78 Å². The Kier molecular flexibility index (Phi) is 3.95. The summed E-state index contributed by atoms with van der Waals surface area (Å²) in [5.74, 6) is 0.566. The summed E-state index contributed by atoms with van der Waals surface area (Å²) in [4.78, 5) is 12.1. The standard InChI is InChI=1S/C15H16O3/c1-3-18-14-9-8-11-6-4-5-7-12(11)15(14)13(16)10-17-2/h4-9H,3,10H2,1-2H3. The van der Waals surface area contributed by atoms with Crippen molar-refractivity contribution >= 4 is 16.6 Å². The van der Waals surface area contributed by atoms with Crippen molar-refractivity contribution in [1.82, 2.24) is 0 Å². The van der Waals surface area contributed by atoms with Crippen LogP contribution in [0.3, 0.4) is 0 Å². The number of methoxy groups -OCH3 is 1. The van der Waals surface area contributed by atoms with Crippen molar-refractivity contribution in [3.05, 3.63) is 42.0 Å². The highest BCUT2D eigenvalue weighted by Crippen LogP contribution is 2.28. The van der Waals surface area contributed by atoms with Gasteiger partial charge in [0.25, 0.3) is 0 Å². The third kappa shape index (κ3) is 2.36. The fourth-order valence-electron chi connectivity index (χ4n) is 2.02. The predicted octanol–water partition coefficient (Wildman–Crippen LogP) is 3.07. The van der Waals surface area contributed by atoms with Gasteiger partial charge in [0.1, 0.15) is 12.4 Å². The fraction of sp³-hybridized carbons (Fsp3) is 0.267. The van der Waals surface area contributed by atoms with Gasteiger partial charge in [-0.05, 0) is 23.8 Å². The van der Waals surface area contributed by atoms with Crippen LogP contribution in [0.2, 0.25) is 0 Å². The molecular weight excluding hydrogens is 228 g/mol. The summed E-state index contributed by atoms with van der Waals surface area (Å²) in [7, 11) is 1.52. The lowest BCUT2D eigenvalue weighted by Crippen LogP contribution is -2.10. The normalized spacial score (nSPS) is 10.6. The van der Waals surface area contributed by atoms with Crippen LogP contribution in [-0.4, -0.2) is 26.1 Å². The average molecular weight is 244 g/mol. The molecule has 0 saturated carbocycles. The molecule has 0 fully saturated rings. The first-order valence-electron chi connectivity index (χ1n) is 5.94. The number of rotatable bonds is 5. The van der Waals surface area contributed by atoms with Crippen molar-refractivity contribution < 1.29 is 14.3 Å². The minimum atomic E-state index is -0.0576. The van der Waals surface area contributed by atoms with Gasteiger partial charge in [0.05, 0.1) is 12.2 Å². The first-order chi connectivity index (χ1) is 8.77. The molecule has 18 heavy (non-hydrogen) atoms. The van der Waals surface area contributed by atoms with Gasteiger partial charge in [-0.15, -0.1) is 0 Å². The number of hydrogen-bond acceptors (Lipinski definition) is 3. The van der Waals surface area contributed by atoms with E-state index in [9.17, 15) is 4.79 Å². The lowest BCUT2D eigenvalue weighted by Gasteiger charge is -2.12. The molecule has 0 atom stereocenters. The van der Waals surface area contributed by atoms with Crippen molar-refractivity contribution in [2.24, 2.45) is 0 Å². The molecule has 0 unspecified atom stereocenters. The molecule has 0 spiro atoms. The Hall–Kier alpha value is -1.87. The molecule has 2 aromatic carbocycles. The quantitative estimate of drug-likeness (QED) is 0.758. The van der Waals surface area contributed by atoms with E-state index in [1.165, 1.54) is 7.11 Å². The summed E-state index contributed by atoms with van der Waals surface area (Å²) in [6, 6.07) is 11.6. The topological polar surface area (TPSA) is 35.5 Å². The highest BCUT2D eigenvalue weighted by Gasteiger charge is 2.16. The van der Waals surface area contributed by atoms with Gasteiger partial charge in [-0.25, -0.2) is 0 Å². The molecule has 0 aliphatic heterocycles. The Morgan fingerprint density at radius 1 is 1.17 bits per heavy atom. The van der Waals surface area contributed by atoms with E-state index in [0.29, 0.717) is 17.9 Å². The SMILES string of the molecule is CCOc1ccc2ccccc2c1C(=O)COC. The number of hydrogen-bond donors (Lipinski definition) is 0. The molecule has 0 aliphatic carbocycles. The van der Waals surface area contributed by atoms with Gasteiger partial charge in [-0.2, -0.15) is 0 Å². The lowest BCUT2D eigenvalue weighted by molar-refractivity contribution is 0.0846. The highest BCUT2D eigenvalue weighted by atomic mass is 16.5. The van der Waals surface area contributed by atoms with E-state index >= 15 is 0 Å². The number of Topliss-reactive ketones (excluding diaryl/α,β-unsaturated/α-hetero) is 1. The van der Waals surface area contributed by atoms with Crippen molar-refractivity contribution in [1.29, 1.82) is 0 Å². The molecule has 0 heterocycles. The molecule has 2 rings (SSSR count). The number of fused-ring (bicyclic) bond motifs is 1. The second-order valence-electron chi connectivity index (χ2n) is 3.95. The van der Waals surface area contributed by atoms with Gasteiger partial charge in [-0.3, -0.25) is 4.79 Å². The van der Waals surface area contributed by atoms with Crippen LogP contribution in [0.5, 0.6) is 5.75 Å². The monoisotopic (exact) mass is 244 g/mol. The van der Waals surface area contributed by atoms with Gasteiger partial charge < -0.3 is 9.47 Å². The zero-order valence-corrected chi connectivity index (χ0v) is 10.6. The smallest absolute Gasteiger partial charge is 0.192 e. The summed E-state index contributed by atoms with van der Waals surface area (Å²) < 4.78 is 10.5. The summed E-state index contributed by atoms with van der Waals surface area (Å²) in [6.07, 6.45) is 0. The number of ketones is 1. The largest absolute Gasteiger partial charge is 0.493 e. The summed E-state index contributed by atoms with van der Waals surface area (Å²) in [5.41, 5.74) is 0.608. The first kappa shape index (κ1) is 12.6. The highest BCUT2D eigenvalue weighted by molar-refractivity contribution is 6.11. The number of carbonyl (C=O) groups is 1. The Labute approximate surface area is 106 Å². The first-order valence-corrected chi connectivity index (χ1v) is 5.94. The molecule has 0 saturated heterocycles. The molecule has 0 aromatic heterocycles. The van der Waals surface area contributed by atoms with E-state index in [0.717, 1.165) is 10.8 Å². The molecule has 0 N–H and O–H groups in total. The molecule has 94 valence electrons. The Balaban J connectivity index is 2.62.